The lowest BCUT2D eigenvalue weighted by molar-refractivity contribution is 0.0474. The van der Waals surface area contributed by atoms with Crippen LogP contribution in [0.4, 0.5) is 4.79 Å². The second-order valence-corrected chi connectivity index (χ2v) is 8.17. The van der Waals surface area contributed by atoms with Crippen LogP contribution in [0.15, 0.2) is 22.5 Å². The highest BCUT2D eigenvalue weighted by Gasteiger charge is 2.24. The summed E-state index contributed by atoms with van der Waals surface area (Å²) in [5.74, 6) is 0.727. The van der Waals surface area contributed by atoms with Crippen LogP contribution in [0.3, 0.4) is 0 Å². The molecule has 0 unspecified atom stereocenters. The Labute approximate surface area is 149 Å². The van der Waals surface area contributed by atoms with Gasteiger partial charge in [-0.25, -0.2) is 9.79 Å². The molecule has 1 heterocycles. The molecule has 0 radical (unpaired) electrons. The Morgan fingerprint density at radius 1 is 1.25 bits per heavy atom. The van der Waals surface area contributed by atoms with E-state index in [0.717, 1.165) is 12.5 Å². The van der Waals surface area contributed by atoms with Crippen molar-refractivity contribution in [1.82, 2.24) is 16.0 Å². The zero-order chi connectivity index (χ0) is 18.2. The molecular formula is C17H30N4O2S. The first-order valence-electron chi connectivity index (χ1n) is 8.17. The lowest BCUT2D eigenvalue weighted by Crippen LogP contribution is -2.54. The highest BCUT2D eigenvalue weighted by Crippen LogP contribution is 2.10. The lowest BCUT2D eigenvalue weighted by Gasteiger charge is -2.29. The average molecular weight is 355 g/mol. The van der Waals surface area contributed by atoms with Crippen LogP contribution in [0, 0.1) is 0 Å². The number of nitrogens with zero attached hydrogens (tertiary/aromatic N) is 1. The number of aliphatic imine (C=N–C) groups is 1. The lowest BCUT2D eigenvalue weighted by atomic mass is 10.1. The summed E-state index contributed by atoms with van der Waals surface area (Å²) in [6.45, 7) is 13.4. The maximum Gasteiger partial charge on any atom is 0.408 e. The van der Waals surface area contributed by atoms with Crippen molar-refractivity contribution in [3.63, 3.8) is 0 Å². The largest absolute Gasteiger partial charge is 0.444 e. The van der Waals surface area contributed by atoms with Crippen molar-refractivity contribution in [1.29, 1.82) is 0 Å². The molecule has 136 valence electrons. The van der Waals surface area contributed by atoms with Gasteiger partial charge in [0.15, 0.2) is 5.96 Å². The highest BCUT2D eigenvalue weighted by molar-refractivity contribution is 7.09. The number of ether oxygens (including phenoxy) is 1. The number of thiophene rings is 1. The van der Waals surface area contributed by atoms with Crippen molar-refractivity contribution in [2.24, 2.45) is 4.99 Å². The van der Waals surface area contributed by atoms with E-state index in [1.54, 1.807) is 11.3 Å². The Bertz CT molecular complexity index is 533. The number of carbonyl (C=O) groups excluding carboxylic acids is 1. The van der Waals surface area contributed by atoms with Gasteiger partial charge in [0.1, 0.15) is 5.60 Å². The number of amides is 1. The van der Waals surface area contributed by atoms with Gasteiger partial charge < -0.3 is 20.7 Å². The maximum atomic E-state index is 11.9. The van der Waals surface area contributed by atoms with Gasteiger partial charge in [0, 0.05) is 18.0 Å². The molecule has 1 rings (SSSR count). The number of alkyl carbamates (subject to hydrolysis) is 1. The van der Waals surface area contributed by atoms with Crippen LogP contribution in [0.25, 0.3) is 0 Å². The van der Waals surface area contributed by atoms with Gasteiger partial charge >= 0.3 is 6.09 Å². The van der Waals surface area contributed by atoms with Crippen LogP contribution in [0.5, 0.6) is 0 Å². The van der Waals surface area contributed by atoms with Gasteiger partial charge in [-0.1, -0.05) is 6.07 Å². The van der Waals surface area contributed by atoms with Crippen molar-refractivity contribution < 1.29 is 9.53 Å². The molecule has 7 heteroatoms. The first-order valence-corrected chi connectivity index (χ1v) is 9.05. The third-order valence-electron chi connectivity index (χ3n) is 2.85. The SMILES string of the molecule is CCNC(=NCc1cccs1)NCC(C)(C)NC(=O)OC(C)(C)C. The van der Waals surface area contributed by atoms with E-state index in [0.29, 0.717) is 13.1 Å². The fourth-order valence-electron chi connectivity index (χ4n) is 1.83. The van der Waals surface area contributed by atoms with Crippen LogP contribution in [0.1, 0.15) is 46.4 Å². The fraction of sp³-hybridized carbons (Fsp3) is 0.647. The van der Waals surface area contributed by atoms with Crippen LogP contribution < -0.4 is 16.0 Å². The summed E-state index contributed by atoms with van der Waals surface area (Å²) in [5.41, 5.74) is -0.980. The average Bonchev–Trinajstić information content (AvgIpc) is 2.92. The predicted molar refractivity (Wildman–Crippen MR) is 101 cm³/mol. The second-order valence-electron chi connectivity index (χ2n) is 7.14. The Morgan fingerprint density at radius 2 is 1.96 bits per heavy atom. The minimum Gasteiger partial charge on any atom is -0.444 e. The van der Waals surface area contributed by atoms with E-state index in [4.69, 9.17) is 4.74 Å². The summed E-state index contributed by atoms with van der Waals surface area (Å²) in [7, 11) is 0. The standard InChI is InChI=1S/C17H30N4O2S/c1-7-18-14(19-11-13-9-8-10-24-13)20-12-17(5,6)21-15(22)23-16(2,3)4/h8-10H,7,11-12H2,1-6H3,(H,21,22)(H2,18,19,20). The Hall–Kier alpha value is -1.76. The predicted octanol–water partition coefficient (Wildman–Crippen LogP) is 3.11. The van der Waals surface area contributed by atoms with Gasteiger partial charge in [-0.05, 0) is 53.0 Å². The number of nitrogens with one attached hydrogen (secondary N) is 3. The summed E-state index contributed by atoms with van der Waals surface area (Å²) in [6, 6.07) is 4.08. The minimum absolute atomic E-state index is 0.421. The number of guanidine groups is 1. The van der Waals surface area contributed by atoms with Gasteiger partial charge in [-0.3, -0.25) is 0 Å². The summed E-state index contributed by atoms with van der Waals surface area (Å²) in [6.07, 6.45) is -0.421. The van der Waals surface area contributed by atoms with E-state index < -0.39 is 17.2 Å². The van der Waals surface area contributed by atoms with Gasteiger partial charge in [-0.2, -0.15) is 0 Å². The van der Waals surface area contributed by atoms with Gasteiger partial charge in [0.25, 0.3) is 0 Å². The molecule has 6 nitrogen and oxygen atoms in total. The first kappa shape index (κ1) is 20.3. The Morgan fingerprint density at radius 3 is 2.50 bits per heavy atom. The molecule has 1 aromatic heterocycles. The van der Waals surface area contributed by atoms with E-state index in [-0.39, 0.29) is 0 Å². The monoisotopic (exact) mass is 354 g/mol. The number of rotatable bonds is 6. The number of hydrogen-bond acceptors (Lipinski definition) is 4. The zero-order valence-corrected chi connectivity index (χ0v) is 16.3. The Kier molecular flexibility index (Phi) is 7.54. The van der Waals surface area contributed by atoms with Crippen LogP contribution >= 0.6 is 11.3 Å². The fourth-order valence-corrected chi connectivity index (χ4v) is 2.46. The topological polar surface area (TPSA) is 74.8 Å². The molecule has 1 aromatic rings. The van der Waals surface area contributed by atoms with Crippen molar-refractivity contribution in [2.75, 3.05) is 13.1 Å². The van der Waals surface area contributed by atoms with Crippen LogP contribution in [-0.4, -0.2) is 36.3 Å². The first-order chi connectivity index (χ1) is 11.1. The molecule has 3 N–H and O–H groups in total. The molecule has 0 aliphatic rings. The second kappa shape index (κ2) is 8.92. The zero-order valence-electron chi connectivity index (χ0n) is 15.5. The van der Waals surface area contributed by atoms with E-state index in [9.17, 15) is 4.79 Å². The van der Waals surface area contributed by atoms with E-state index in [1.165, 1.54) is 4.88 Å². The molecule has 0 saturated heterocycles. The maximum absolute atomic E-state index is 11.9. The van der Waals surface area contributed by atoms with E-state index in [2.05, 4.69) is 27.0 Å². The van der Waals surface area contributed by atoms with Crippen LogP contribution in [0.2, 0.25) is 0 Å². The van der Waals surface area contributed by atoms with E-state index >= 15 is 0 Å². The summed E-state index contributed by atoms with van der Waals surface area (Å²) in [4.78, 5) is 17.7. The smallest absolute Gasteiger partial charge is 0.408 e. The third-order valence-corrected chi connectivity index (χ3v) is 3.72. The van der Waals surface area contributed by atoms with E-state index in [1.807, 2.05) is 53.0 Å². The Balaban J connectivity index is 2.54. The molecule has 0 spiro atoms. The summed E-state index contributed by atoms with van der Waals surface area (Å²) < 4.78 is 5.30. The molecule has 0 fully saturated rings. The van der Waals surface area contributed by atoms with Crippen LogP contribution in [-0.2, 0) is 11.3 Å². The molecule has 0 atom stereocenters. The van der Waals surface area contributed by atoms with Gasteiger partial charge in [-0.15, -0.1) is 11.3 Å². The molecule has 0 aliphatic heterocycles. The van der Waals surface area contributed by atoms with Gasteiger partial charge in [0.05, 0.1) is 12.1 Å². The number of carbonyl (C=O) groups is 1. The minimum atomic E-state index is -0.509. The quantitative estimate of drug-likeness (QED) is 0.542. The summed E-state index contributed by atoms with van der Waals surface area (Å²) >= 11 is 1.68. The molecular weight excluding hydrogens is 324 g/mol. The molecule has 0 aromatic carbocycles. The molecule has 1 amide bonds. The third kappa shape index (κ3) is 8.76. The normalized spacial score (nSPS) is 12.7. The van der Waals surface area contributed by atoms with Gasteiger partial charge in [0.2, 0.25) is 0 Å². The molecule has 24 heavy (non-hydrogen) atoms. The van der Waals surface area contributed by atoms with Crippen molar-refractivity contribution in [3.8, 4) is 0 Å². The summed E-state index contributed by atoms with van der Waals surface area (Å²) in [5, 5.41) is 11.4. The molecule has 0 saturated carbocycles. The van der Waals surface area contributed by atoms with Crippen molar-refractivity contribution in [2.45, 2.75) is 59.2 Å². The number of hydrogen-bond donors (Lipinski definition) is 3. The molecule has 0 bridgehead atoms. The van der Waals surface area contributed by atoms with Crippen molar-refractivity contribution in [3.05, 3.63) is 22.4 Å². The highest BCUT2D eigenvalue weighted by atomic mass is 32.1. The van der Waals surface area contributed by atoms with Crippen molar-refractivity contribution >= 4 is 23.4 Å². The molecule has 0 aliphatic carbocycles.